The molecule has 0 unspecified atom stereocenters. The lowest BCUT2D eigenvalue weighted by molar-refractivity contribution is 0.00299. The topological polar surface area (TPSA) is 41.6 Å². The van der Waals surface area contributed by atoms with Crippen LogP contribution in [-0.2, 0) is 4.74 Å². The van der Waals surface area contributed by atoms with Crippen LogP contribution in [-0.4, -0.2) is 43.7 Å². The van der Waals surface area contributed by atoms with E-state index in [0.29, 0.717) is 12.1 Å². The van der Waals surface area contributed by atoms with Crippen molar-refractivity contribution in [1.82, 2.24) is 4.90 Å². The predicted octanol–water partition coefficient (Wildman–Crippen LogP) is 2.37. The number of ether oxygens (including phenoxy) is 1. The van der Waals surface area contributed by atoms with Crippen LogP contribution in [0.4, 0.5) is 5.69 Å². The zero-order valence-corrected chi connectivity index (χ0v) is 11.8. The quantitative estimate of drug-likeness (QED) is 0.885. The molecule has 19 heavy (non-hydrogen) atoms. The monoisotopic (exact) mass is 262 g/mol. The molecule has 1 aromatic rings. The molecule has 1 fully saturated rings. The minimum Gasteiger partial charge on any atom is -0.382 e. The van der Waals surface area contributed by atoms with E-state index >= 15 is 0 Å². The number of rotatable bonds is 5. The molecule has 1 aliphatic carbocycles. The first-order valence-corrected chi connectivity index (χ1v) is 6.80. The molecule has 1 aliphatic rings. The third-order valence-electron chi connectivity index (χ3n) is 3.41. The van der Waals surface area contributed by atoms with Crippen molar-refractivity contribution >= 4 is 11.6 Å². The maximum atomic E-state index is 11.7. The summed E-state index contributed by atoms with van der Waals surface area (Å²) in [5, 5.41) is 3.46. The van der Waals surface area contributed by atoms with Gasteiger partial charge < -0.3 is 15.0 Å². The standard InChI is InChI=1S/C15H22N2O2/c1-4-19-14-9-13(10-14)16-12-7-5-11(6-8-12)15(18)17(2)3/h5-8,13-14,16H,4,9-10H2,1-3H3. The Bertz CT molecular complexity index is 422. The zero-order valence-electron chi connectivity index (χ0n) is 11.8. The molecule has 0 spiro atoms. The van der Waals surface area contributed by atoms with Gasteiger partial charge in [0.2, 0.25) is 0 Å². The number of hydrogen-bond acceptors (Lipinski definition) is 3. The summed E-state index contributed by atoms with van der Waals surface area (Å²) in [5.41, 5.74) is 1.78. The Morgan fingerprint density at radius 3 is 2.47 bits per heavy atom. The van der Waals surface area contributed by atoms with Crippen LogP contribution in [0.1, 0.15) is 30.1 Å². The first-order chi connectivity index (χ1) is 9.10. The van der Waals surface area contributed by atoms with Crippen molar-refractivity contribution in [3.8, 4) is 0 Å². The summed E-state index contributed by atoms with van der Waals surface area (Å²) in [5.74, 6) is 0.0339. The molecule has 4 nitrogen and oxygen atoms in total. The van der Waals surface area contributed by atoms with Crippen LogP contribution in [0.3, 0.4) is 0 Å². The van der Waals surface area contributed by atoms with Crippen molar-refractivity contribution in [2.45, 2.75) is 31.9 Å². The number of benzene rings is 1. The highest BCUT2D eigenvalue weighted by atomic mass is 16.5. The lowest BCUT2D eigenvalue weighted by atomic mass is 9.89. The number of nitrogens with one attached hydrogen (secondary N) is 1. The molecule has 1 aromatic carbocycles. The van der Waals surface area contributed by atoms with E-state index in [0.717, 1.165) is 30.7 Å². The van der Waals surface area contributed by atoms with Gasteiger partial charge in [-0.2, -0.15) is 0 Å². The van der Waals surface area contributed by atoms with Gasteiger partial charge in [0.05, 0.1) is 6.10 Å². The number of amides is 1. The third kappa shape index (κ3) is 3.47. The summed E-state index contributed by atoms with van der Waals surface area (Å²) in [6.45, 7) is 2.82. The predicted molar refractivity (Wildman–Crippen MR) is 76.5 cm³/mol. The molecule has 104 valence electrons. The molecule has 0 saturated heterocycles. The van der Waals surface area contributed by atoms with E-state index < -0.39 is 0 Å². The van der Waals surface area contributed by atoms with Gasteiger partial charge in [0, 0.05) is 38.0 Å². The van der Waals surface area contributed by atoms with Crippen molar-refractivity contribution in [3.63, 3.8) is 0 Å². The average Bonchev–Trinajstić information content (AvgIpc) is 2.36. The molecule has 0 atom stereocenters. The Kier molecular flexibility index (Phi) is 4.43. The number of carbonyl (C=O) groups excluding carboxylic acids is 1. The number of anilines is 1. The maximum absolute atomic E-state index is 11.7. The number of carbonyl (C=O) groups is 1. The highest BCUT2D eigenvalue weighted by Crippen LogP contribution is 2.26. The summed E-state index contributed by atoms with van der Waals surface area (Å²) in [4.78, 5) is 13.3. The molecule has 2 rings (SSSR count). The minimum atomic E-state index is 0.0339. The van der Waals surface area contributed by atoms with Crippen molar-refractivity contribution in [2.75, 3.05) is 26.0 Å². The Balaban J connectivity index is 1.85. The van der Waals surface area contributed by atoms with Gasteiger partial charge >= 0.3 is 0 Å². The van der Waals surface area contributed by atoms with Gasteiger partial charge in [-0.05, 0) is 44.0 Å². The van der Waals surface area contributed by atoms with Crippen LogP contribution >= 0.6 is 0 Å². The van der Waals surface area contributed by atoms with Crippen LogP contribution in [0, 0.1) is 0 Å². The number of hydrogen-bond donors (Lipinski definition) is 1. The Hall–Kier alpha value is -1.55. The Morgan fingerprint density at radius 1 is 1.32 bits per heavy atom. The third-order valence-corrected chi connectivity index (χ3v) is 3.41. The van der Waals surface area contributed by atoms with Crippen LogP contribution in [0.2, 0.25) is 0 Å². The second-order valence-electron chi connectivity index (χ2n) is 5.17. The second-order valence-corrected chi connectivity index (χ2v) is 5.17. The number of nitrogens with zero attached hydrogens (tertiary/aromatic N) is 1. The molecule has 0 radical (unpaired) electrons. The second kappa shape index (κ2) is 6.06. The molecule has 0 bridgehead atoms. The fourth-order valence-electron chi connectivity index (χ4n) is 2.26. The van der Waals surface area contributed by atoms with Crippen molar-refractivity contribution in [1.29, 1.82) is 0 Å². The normalized spacial score (nSPS) is 21.6. The minimum absolute atomic E-state index is 0.0339. The van der Waals surface area contributed by atoms with E-state index in [4.69, 9.17) is 4.74 Å². The van der Waals surface area contributed by atoms with Gasteiger partial charge in [0.25, 0.3) is 5.91 Å². The van der Waals surface area contributed by atoms with Crippen molar-refractivity contribution in [2.24, 2.45) is 0 Å². The molecule has 4 heteroatoms. The van der Waals surface area contributed by atoms with Crippen LogP contribution in [0.25, 0.3) is 0 Å². The highest BCUT2D eigenvalue weighted by Gasteiger charge is 2.29. The molecule has 1 N–H and O–H groups in total. The first-order valence-electron chi connectivity index (χ1n) is 6.80. The average molecular weight is 262 g/mol. The summed E-state index contributed by atoms with van der Waals surface area (Å²) < 4.78 is 5.53. The largest absolute Gasteiger partial charge is 0.382 e. The smallest absolute Gasteiger partial charge is 0.253 e. The van der Waals surface area contributed by atoms with Gasteiger partial charge in [0.15, 0.2) is 0 Å². The molecular formula is C15H22N2O2. The fraction of sp³-hybridized carbons (Fsp3) is 0.533. The van der Waals surface area contributed by atoms with Gasteiger partial charge in [-0.15, -0.1) is 0 Å². The highest BCUT2D eigenvalue weighted by molar-refractivity contribution is 5.94. The molecule has 0 aromatic heterocycles. The van der Waals surface area contributed by atoms with Gasteiger partial charge in [-0.25, -0.2) is 0 Å². The van der Waals surface area contributed by atoms with Crippen molar-refractivity contribution in [3.05, 3.63) is 29.8 Å². The first kappa shape index (κ1) is 13.9. The molecule has 1 saturated carbocycles. The molecule has 1 amide bonds. The summed E-state index contributed by atoms with van der Waals surface area (Å²) in [7, 11) is 3.52. The van der Waals surface area contributed by atoms with Crippen LogP contribution in [0.5, 0.6) is 0 Å². The fourth-order valence-corrected chi connectivity index (χ4v) is 2.26. The summed E-state index contributed by atoms with van der Waals surface area (Å²) in [6.07, 6.45) is 2.54. The van der Waals surface area contributed by atoms with Crippen LogP contribution in [0.15, 0.2) is 24.3 Å². The molecule has 0 heterocycles. The van der Waals surface area contributed by atoms with E-state index in [1.54, 1.807) is 19.0 Å². The van der Waals surface area contributed by atoms with Crippen LogP contribution < -0.4 is 5.32 Å². The Labute approximate surface area is 114 Å². The lowest BCUT2D eigenvalue weighted by Gasteiger charge is -2.36. The SMILES string of the molecule is CCOC1CC(Nc2ccc(C(=O)N(C)C)cc2)C1. The van der Waals surface area contributed by atoms with Gasteiger partial charge in [-0.1, -0.05) is 0 Å². The lowest BCUT2D eigenvalue weighted by Crippen LogP contribution is -2.40. The van der Waals surface area contributed by atoms with E-state index in [2.05, 4.69) is 5.32 Å². The molecule has 0 aliphatic heterocycles. The van der Waals surface area contributed by atoms with Gasteiger partial charge in [0.1, 0.15) is 0 Å². The summed E-state index contributed by atoms with van der Waals surface area (Å²) >= 11 is 0. The zero-order chi connectivity index (χ0) is 13.8. The van der Waals surface area contributed by atoms with E-state index in [-0.39, 0.29) is 5.91 Å². The van der Waals surface area contributed by atoms with E-state index in [1.807, 2.05) is 31.2 Å². The Morgan fingerprint density at radius 2 is 1.95 bits per heavy atom. The van der Waals surface area contributed by atoms with Gasteiger partial charge in [-0.3, -0.25) is 4.79 Å². The van der Waals surface area contributed by atoms with E-state index in [1.165, 1.54) is 0 Å². The maximum Gasteiger partial charge on any atom is 0.253 e. The summed E-state index contributed by atoms with van der Waals surface area (Å²) in [6, 6.07) is 8.15. The van der Waals surface area contributed by atoms with E-state index in [9.17, 15) is 4.79 Å². The molecular weight excluding hydrogens is 240 g/mol. The van der Waals surface area contributed by atoms with Crippen molar-refractivity contribution < 1.29 is 9.53 Å².